The summed E-state index contributed by atoms with van der Waals surface area (Å²) in [4.78, 5) is 18.1. The Morgan fingerprint density at radius 2 is 0.967 bits per heavy atom. The standard InChI is InChI=1S/C25H25N5/c1-29(18-21-10-4-7-15-26-21)24-13-2-3-14-25(24)30(19-22-11-5-8-16-27-22)20-23-12-6-9-17-28-23/h2-17H,18-20H2,1H3. The van der Waals surface area contributed by atoms with E-state index in [1.165, 1.54) is 0 Å². The fourth-order valence-corrected chi connectivity index (χ4v) is 3.47. The molecule has 3 heterocycles. The maximum absolute atomic E-state index is 4.54. The highest BCUT2D eigenvalue weighted by Crippen LogP contribution is 2.31. The van der Waals surface area contributed by atoms with E-state index in [4.69, 9.17) is 0 Å². The van der Waals surface area contributed by atoms with Gasteiger partial charge in [-0.3, -0.25) is 15.0 Å². The van der Waals surface area contributed by atoms with Gasteiger partial charge in [0.15, 0.2) is 0 Å². The fraction of sp³-hybridized carbons (Fsp3) is 0.160. The van der Waals surface area contributed by atoms with Crippen LogP contribution < -0.4 is 9.80 Å². The first kappa shape index (κ1) is 19.6. The first-order chi connectivity index (χ1) is 14.8. The SMILES string of the molecule is CN(Cc1ccccn1)c1ccccc1N(Cc1ccccn1)Cc1ccccn1. The number of hydrogen-bond donors (Lipinski definition) is 0. The Labute approximate surface area is 177 Å². The first-order valence-electron chi connectivity index (χ1n) is 10.0. The summed E-state index contributed by atoms with van der Waals surface area (Å²) >= 11 is 0. The molecule has 0 N–H and O–H groups in total. The van der Waals surface area contributed by atoms with Crippen molar-refractivity contribution in [1.82, 2.24) is 15.0 Å². The van der Waals surface area contributed by atoms with Gasteiger partial charge in [-0.15, -0.1) is 0 Å². The van der Waals surface area contributed by atoms with Gasteiger partial charge in [0.2, 0.25) is 0 Å². The first-order valence-corrected chi connectivity index (χ1v) is 10.0. The molecule has 0 aliphatic carbocycles. The van der Waals surface area contributed by atoms with Crippen LogP contribution in [0.2, 0.25) is 0 Å². The summed E-state index contributed by atoms with van der Waals surface area (Å²) in [7, 11) is 2.10. The summed E-state index contributed by atoms with van der Waals surface area (Å²) in [5.74, 6) is 0. The third kappa shape index (κ3) is 5.00. The van der Waals surface area contributed by atoms with Crippen molar-refractivity contribution in [2.75, 3.05) is 16.8 Å². The maximum Gasteiger partial charge on any atom is 0.0611 e. The van der Waals surface area contributed by atoms with Gasteiger partial charge in [0.25, 0.3) is 0 Å². The third-order valence-corrected chi connectivity index (χ3v) is 4.92. The molecule has 4 rings (SSSR count). The highest BCUT2D eigenvalue weighted by Gasteiger charge is 2.16. The van der Waals surface area contributed by atoms with E-state index in [-0.39, 0.29) is 0 Å². The molecule has 5 heteroatoms. The van der Waals surface area contributed by atoms with Crippen LogP contribution in [0.15, 0.2) is 97.5 Å². The molecule has 0 amide bonds. The molecule has 4 aromatic rings. The van der Waals surface area contributed by atoms with Crippen molar-refractivity contribution in [3.63, 3.8) is 0 Å². The van der Waals surface area contributed by atoms with Gasteiger partial charge in [-0.1, -0.05) is 30.3 Å². The second-order valence-electron chi connectivity index (χ2n) is 7.16. The second kappa shape index (κ2) is 9.65. The van der Waals surface area contributed by atoms with E-state index in [0.29, 0.717) is 13.1 Å². The van der Waals surface area contributed by atoms with Crippen LogP contribution in [0.1, 0.15) is 17.1 Å². The third-order valence-electron chi connectivity index (χ3n) is 4.92. The summed E-state index contributed by atoms with van der Waals surface area (Å²) in [6.45, 7) is 2.14. The van der Waals surface area contributed by atoms with E-state index in [0.717, 1.165) is 35.0 Å². The van der Waals surface area contributed by atoms with Crippen LogP contribution in [-0.2, 0) is 19.6 Å². The molecule has 150 valence electrons. The molecule has 5 nitrogen and oxygen atoms in total. The molecule has 0 aliphatic heterocycles. The van der Waals surface area contributed by atoms with Crippen LogP contribution in [-0.4, -0.2) is 22.0 Å². The minimum absolute atomic E-state index is 0.700. The summed E-state index contributed by atoms with van der Waals surface area (Å²) < 4.78 is 0. The zero-order valence-electron chi connectivity index (χ0n) is 17.1. The molecule has 0 fully saturated rings. The molecule has 0 saturated heterocycles. The van der Waals surface area contributed by atoms with Crippen LogP contribution >= 0.6 is 0 Å². The number of anilines is 2. The Morgan fingerprint density at radius 3 is 1.43 bits per heavy atom. The predicted molar refractivity (Wildman–Crippen MR) is 121 cm³/mol. The van der Waals surface area contributed by atoms with Gasteiger partial charge >= 0.3 is 0 Å². The Hall–Kier alpha value is -3.73. The molecule has 30 heavy (non-hydrogen) atoms. The molecule has 3 aromatic heterocycles. The topological polar surface area (TPSA) is 45.2 Å². The number of hydrogen-bond acceptors (Lipinski definition) is 5. The van der Waals surface area contributed by atoms with Gasteiger partial charge in [-0.05, 0) is 48.5 Å². The number of aromatic nitrogens is 3. The quantitative estimate of drug-likeness (QED) is 0.432. The largest absolute Gasteiger partial charge is 0.367 e. The number of para-hydroxylation sites is 2. The van der Waals surface area contributed by atoms with Crippen LogP contribution in [0.5, 0.6) is 0 Å². The lowest BCUT2D eigenvalue weighted by atomic mass is 10.2. The van der Waals surface area contributed by atoms with Crippen molar-refractivity contribution in [1.29, 1.82) is 0 Å². The van der Waals surface area contributed by atoms with E-state index in [1.807, 2.05) is 55.0 Å². The Bertz CT molecular complexity index is 997. The van der Waals surface area contributed by atoms with Gasteiger partial charge in [-0.25, -0.2) is 0 Å². The summed E-state index contributed by atoms with van der Waals surface area (Å²) in [6.07, 6.45) is 5.52. The maximum atomic E-state index is 4.54. The fourth-order valence-electron chi connectivity index (χ4n) is 3.47. The number of rotatable bonds is 8. The molecule has 0 aliphatic rings. The molecule has 0 radical (unpaired) electrons. The lowest BCUT2D eigenvalue weighted by Crippen LogP contribution is -2.26. The zero-order valence-corrected chi connectivity index (χ0v) is 17.1. The summed E-state index contributed by atoms with van der Waals surface area (Å²) in [5.41, 5.74) is 5.38. The number of benzene rings is 1. The monoisotopic (exact) mass is 395 g/mol. The molecule has 0 unspecified atom stereocenters. The molecule has 0 bridgehead atoms. The average molecular weight is 396 g/mol. The molecular formula is C25H25N5. The summed E-state index contributed by atoms with van der Waals surface area (Å²) in [6, 6.07) is 26.6. The van der Waals surface area contributed by atoms with E-state index in [1.54, 1.807) is 0 Å². The van der Waals surface area contributed by atoms with E-state index in [2.05, 4.69) is 74.3 Å². The Balaban J connectivity index is 1.65. The van der Waals surface area contributed by atoms with Crippen molar-refractivity contribution >= 4 is 11.4 Å². The van der Waals surface area contributed by atoms with Crippen molar-refractivity contribution < 1.29 is 0 Å². The zero-order chi connectivity index (χ0) is 20.6. The van der Waals surface area contributed by atoms with Crippen LogP contribution in [0.3, 0.4) is 0 Å². The summed E-state index contributed by atoms with van der Waals surface area (Å²) in [5, 5.41) is 0. The van der Waals surface area contributed by atoms with Crippen LogP contribution in [0.4, 0.5) is 11.4 Å². The number of pyridine rings is 3. The predicted octanol–water partition coefficient (Wildman–Crippen LogP) is 4.71. The van der Waals surface area contributed by atoms with Gasteiger partial charge in [-0.2, -0.15) is 0 Å². The van der Waals surface area contributed by atoms with Crippen LogP contribution in [0.25, 0.3) is 0 Å². The average Bonchev–Trinajstić information content (AvgIpc) is 2.81. The highest BCUT2D eigenvalue weighted by atomic mass is 15.2. The van der Waals surface area contributed by atoms with Gasteiger partial charge in [0.05, 0.1) is 48.1 Å². The van der Waals surface area contributed by atoms with E-state index in [9.17, 15) is 0 Å². The van der Waals surface area contributed by atoms with Crippen molar-refractivity contribution in [2.24, 2.45) is 0 Å². The van der Waals surface area contributed by atoms with Crippen molar-refractivity contribution in [3.8, 4) is 0 Å². The Morgan fingerprint density at radius 1 is 0.533 bits per heavy atom. The van der Waals surface area contributed by atoms with E-state index < -0.39 is 0 Å². The van der Waals surface area contributed by atoms with Gasteiger partial charge in [0.1, 0.15) is 0 Å². The van der Waals surface area contributed by atoms with Gasteiger partial charge in [0, 0.05) is 25.6 Å². The molecule has 0 saturated carbocycles. The normalized spacial score (nSPS) is 10.6. The Kier molecular flexibility index (Phi) is 6.30. The molecule has 1 aromatic carbocycles. The highest BCUT2D eigenvalue weighted by molar-refractivity contribution is 5.71. The van der Waals surface area contributed by atoms with Crippen molar-refractivity contribution in [3.05, 3.63) is 115 Å². The lowest BCUT2D eigenvalue weighted by Gasteiger charge is -2.30. The minimum atomic E-state index is 0.700. The van der Waals surface area contributed by atoms with Crippen LogP contribution in [0, 0.1) is 0 Å². The van der Waals surface area contributed by atoms with Gasteiger partial charge < -0.3 is 9.80 Å². The van der Waals surface area contributed by atoms with Crippen molar-refractivity contribution in [2.45, 2.75) is 19.6 Å². The van der Waals surface area contributed by atoms with E-state index >= 15 is 0 Å². The second-order valence-corrected chi connectivity index (χ2v) is 7.16. The molecule has 0 atom stereocenters. The molecule has 0 spiro atoms. The lowest BCUT2D eigenvalue weighted by molar-refractivity contribution is 0.760. The number of nitrogens with zero attached hydrogens (tertiary/aromatic N) is 5. The molecular weight excluding hydrogens is 370 g/mol. The smallest absolute Gasteiger partial charge is 0.0611 e. The minimum Gasteiger partial charge on any atom is -0.367 e.